The van der Waals surface area contributed by atoms with E-state index >= 15 is 0 Å². The summed E-state index contributed by atoms with van der Waals surface area (Å²) in [7, 11) is -3.51. The van der Waals surface area contributed by atoms with Crippen molar-refractivity contribution in [2.75, 3.05) is 31.5 Å². The number of aromatic nitrogens is 1. The Morgan fingerprint density at radius 1 is 1.08 bits per heavy atom. The lowest BCUT2D eigenvalue weighted by molar-refractivity contribution is -0.123. The molecule has 3 N–H and O–H groups in total. The molecule has 1 atom stereocenters. The lowest BCUT2D eigenvalue weighted by atomic mass is 10.1. The number of benzene rings is 2. The number of sulfonamides is 1. The number of piperidine rings is 1. The van der Waals surface area contributed by atoms with Gasteiger partial charge in [-0.2, -0.15) is 4.31 Å². The summed E-state index contributed by atoms with van der Waals surface area (Å²) < 4.78 is 29.8. The Bertz CT molecular complexity index is 1340. The summed E-state index contributed by atoms with van der Waals surface area (Å²) >= 11 is 0. The first-order valence-electron chi connectivity index (χ1n) is 12.8. The fourth-order valence-corrected chi connectivity index (χ4v) is 6.49. The van der Waals surface area contributed by atoms with Gasteiger partial charge in [-0.1, -0.05) is 18.6 Å². The zero-order valence-corrected chi connectivity index (χ0v) is 21.8. The average molecular weight is 510 g/mol. The van der Waals surface area contributed by atoms with Crippen molar-refractivity contribution in [1.82, 2.24) is 19.5 Å². The van der Waals surface area contributed by atoms with E-state index < -0.39 is 16.1 Å². The van der Waals surface area contributed by atoms with Gasteiger partial charge in [0.2, 0.25) is 15.9 Å². The molecule has 9 heteroatoms. The number of nitrogens with one attached hydrogen (secondary N) is 3. The molecule has 0 aliphatic carbocycles. The molecule has 36 heavy (non-hydrogen) atoms. The lowest BCUT2D eigenvalue weighted by Gasteiger charge is -2.29. The van der Waals surface area contributed by atoms with Crippen LogP contribution in [0.5, 0.6) is 0 Å². The van der Waals surface area contributed by atoms with E-state index in [1.807, 2.05) is 54.9 Å². The summed E-state index contributed by atoms with van der Waals surface area (Å²) in [6.45, 7) is 7.40. The van der Waals surface area contributed by atoms with Gasteiger partial charge in [0, 0.05) is 55.5 Å². The molecular formula is C27H35N5O3S. The van der Waals surface area contributed by atoms with Crippen LogP contribution in [-0.4, -0.2) is 55.4 Å². The van der Waals surface area contributed by atoms with Crippen LogP contribution in [0.4, 0.5) is 5.69 Å². The summed E-state index contributed by atoms with van der Waals surface area (Å²) in [4.78, 5) is 13.3. The summed E-state index contributed by atoms with van der Waals surface area (Å²) in [5.74, 6) is -0.0836. The number of hydrogen-bond donors (Lipinski definition) is 3. The molecule has 2 saturated heterocycles. The SMILES string of the molecule is Cc1cn(C(C)C(=O)NCc2ccc(NC3CNC3)cc2)c2ccc(S(=O)(=O)N3CCCCC3)cc12. The summed E-state index contributed by atoms with van der Waals surface area (Å²) in [6, 6.07) is 13.4. The largest absolute Gasteiger partial charge is 0.380 e. The Labute approximate surface area is 213 Å². The van der Waals surface area contributed by atoms with Crippen molar-refractivity contribution in [3.8, 4) is 0 Å². The van der Waals surface area contributed by atoms with E-state index in [1.165, 1.54) is 0 Å². The van der Waals surface area contributed by atoms with Crippen molar-refractivity contribution in [3.05, 3.63) is 59.8 Å². The third kappa shape index (κ3) is 5.00. The minimum atomic E-state index is -3.51. The van der Waals surface area contributed by atoms with Crippen LogP contribution in [0.15, 0.2) is 53.6 Å². The van der Waals surface area contributed by atoms with Crippen molar-refractivity contribution in [3.63, 3.8) is 0 Å². The van der Waals surface area contributed by atoms with E-state index in [0.717, 1.165) is 60.1 Å². The zero-order chi connectivity index (χ0) is 25.3. The van der Waals surface area contributed by atoms with E-state index in [2.05, 4.69) is 16.0 Å². The fourth-order valence-electron chi connectivity index (χ4n) is 4.95. The minimum absolute atomic E-state index is 0.0836. The van der Waals surface area contributed by atoms with Crippen molar-refractivity contribution in [2.45, 2.75) is 56.6 Å². The fraction of sp³-hybridized carbons (Fsp3) is 0.444. The third-order valence-corrected chi connectivity index (χ3v) is 9.22. The number of carbonyl (C=O) groups excluding carboxylic acids is 1. The van der Waals surface area contributed by atoms with Gasteiger partial charge in [-0.25, -0.2) is 8.42 Å². The maximum absolute atomic E-state index is 13.2. The second-order valence-electron chi connectivity index (χ2n) is 9.95. The zero-order valence-electron chi connectivity index (χ0n) is 21.0. The van der Waals surface area contributed by atoms with Gasteiger partial charge in [-0.3, -0.25) is 4.79 Å². The highest BCUT2D eigenvalue weighted by molar-refractivity contribution is 7.89. The average Bonchev–Trinajstić information content (AvgIpc) is 3.21. The van der Waals surface area contributed by atoms with E-state index in [0.29, 0.717) is 30.6 Å². The van der Waals surface area contributed by atoms with Crippen LogP contribution >= 0.6 is 0 Å². The number of fused-ring (bicyclic) bond motifs is 1. The molecule has 1 amide bonds. The van der Waals surface area contributed by atoms with Gasteiger partial charge in [0.05, 0.1) is 10.9 Å². The van der Waals surface area contributed by atoms with E-state index in [1.54, 1.807) is 16.4 Å². The number of aryl methyl sites for hydroxylation is 1. The quantitative estimate of drug-likeness (QED) is 0.433. The van der Waals surface area contributed by atoms with Crippen LogP contribution in [0.25, 0.3) is 10.9 Å². The molecule has 8 nitrogen and oxygen atoms in total. The normalized spacial score (nSPS) is 18.1. The van der Waals surface area contributed by atoms with Crippen molar-refractivity contribution in [1.29, 1.82) is 0 Å². The number of amides is 1. The van der Waals surface area contributed by atoms with Gasteiger partial charge < -0.3 is 20.5 Å². The Kier molecular flexibility index (Phi) is 7.05. The number of rotatable bonds is 8. The van der Waals surface area contributed by atoms with Gasteiger partial charge in [-0.05, 0) is 68.1 Å². The third-order valence-electron chi connectivity index (χ3n) is 7.33. The number of hydrogen-bond acceptors (Lipinski definition) is 5. The number of nitrogens with zero attached hydrogens (tertiary/aromatic N) is 2. The molecule has 5 rings (SSSR count). The van der Waals surface area contributed by atoms with Gasteiger partial charge in [0.25, 0.3) is 0 Å². The molecule has 0 spiro atoms. The maximum Gasteiger partial charge on any atom is 0.243 e. The molecule has 1 unspecified atom stereocenters. The number of carbonyl (C=O) groups is 1. The van der Waals surface area contributed by atoms with Gasteiger partial charge in [-0.15, -0.1) is 0 Å². The van der Waals surface area contributed by atoms with Crippen molar-refractivity contribution in [2.24, 2.45) is 0 Å². The molecule has 2 aliphatic heterocycles. The molecule has 2 aliphatic rings. The summed E-state index contributed by atoms with van der Waals surface area (Å²) in [5.41, 5.74) is 3.92. The maximum atomic E-state index is 13.2. The van der Waals surface area contributed by atoms with Crippen LogP contribution in [0.3, 0.4) is 0 Å². The molecule has 2 fully saturated rings. The van der Waals surface area contributed by atoms with Gasteiger partial charge in [0.15, 0.2) is 0 Å². The molecule has 1 aromatic heterocycles. The van der Waals surface area contributed by atoms with E-state index in [-0.39, 0.29) is 5.91 Å². The number of anilines is 1. The first-order chi connectivity index (χ1) is 17.3. The molecule has 192 valence electrons. The first kappa shape index (κ1) is 24.8. The Balaban J connectivity index is 1.27. The Morgan fingerprint density at radius 2 is 1.81 bits per heavy atom. The molecule has 2 aromatic carbocycles. The second kappa shape index (κ2) is 10.2. The van der Waals surface area contributed by atoms with Crippen LogP contribution in [0.1, 0.15) is 43.4 Å². The summed E-state index contributed by atoms with van der Waals surface area (Å²) in [5, 5.41) is 10.6. The van der Waals surface area contributed by atoms with E-state index in [9.17, 15) is 13.2 Å². The van der Waals surface area contributed by atoms with Crippen LogP contribution in [0.2, 0.25) is 0 Å². The molecule has 0 saturated carbocycles. The standard InChI is InChI=1S/C27H35N5O3S/c1-19-18-32(26-11-10-24(14-25(19)26)36(34,35)31-12-4-3-5-13-31)20(2)27(33)29-15-21-6-8-22(9-7-21)30-23-16-28-17-23/h6-11,14,18,20,23,28,30H,3-5,12-13,15-17H2,1-2H3,(H,29,33). The highest BCUT2D eigenvalue weighted by Crippen LogP contribution is 2.29. The Morgan fingerprint density at radius 3 is 2.47 bits per heavy atom. The second-order valence-corrected chi connectivity index (χ2v) is 11.9. The highest BCUT2D eigenvalue weighted by Gasteiger charge is 2.27. The molecular weight excluding hydrogens is 474 g/mol. The van der Waals surface area contributed by atoms with Gasteiger partial charge in [0.1, 0.15) is 6.04 Å². The van der Waals surface area contributed by atoms with Crippen LogP contribution in [-0.2, 0) is 21.4 Å². The molecule has 0 radical (unpaired) electrons. The smallest absolute Gasteiger partial charge is 0.243 e. The minimum Gasteiger partial charge on any atom is -0.380 e. The summed E-state index contributed by atoms with van der Waals surface area (Å²) in [6.07, 6.45) is 4.82. The highest BCUT2D eigenvalue weighted by atomic mass is 32.2. The first-order valence-corrected chi connectivity index (χ1v) is 14.2. The van der Waals surface area contributed by atoms with Crippen LogP contribution in [0, 0.1) is 6.92 Å². The van der Waals surface area contributed by atoms with Gasteiger partial charge >= 0.3 is 0 Å². The van der Waals surface area contributed by atoms with Crippen molar-refractivity contribution < 1.29 is 13.2 Å². The topological polar surface area (TPSA) is 95.5 Å². The predicted octanol–water partition coefficient (Wildman–Crippen LogP) is 3.39. The van der Waals surface area contributed by atoms with Crippen LogP contribution < -0.4 is 16.0 Å². The van der Waals surface area contributed by atoms with Crippen molar-refractivity contribution >= 4 is 32.5 Å². The monoisotopic (exact) mass is 509 g/mol. The Hall–Kier alpha value is -2.88. The molecule has 3 aromatic rings. The van der Waals surface area contributed by atoms with E-state index in [4.69, 9.17) is 0 Å². The molecule has 3 heterocycles. The predicted molar refractivity (Wildman–Crippen MR) is 143 cm³/mol. The molecule has 0 bridgehead atoms. The lowest BCUT2D eigenvalue weighted by Crippen LogP contribution is -2.51.